The van der Waals surface area contributed by atoms with Gasteiger partial charge >= 0.3 is 0 Å². The Labute approximate surface area is 145 Å². The Hall–Kier alpha value is -2.08. The van der Waals surface area contributed by atoms with Crippen LogP contribution in [-0.4, -0.2) is 48.1 Å². The van der Waals surface area contributed by atoms with Gasteiger partial charge in [0.25, 0.3) is 5.91 Å². The summed E-state index contributed by atoms with van der Waals surface area (Å²) >= 11 is 1.68. The molecule has 126 valence electrons. The summed E-state index contributed by atoms with van der Waals surface area (Å²) < 4.78 is 5.86. The molecule has 0 aliphatic carbocycles. The fraction of sp³-hybridized carbons (Fsp3) is 0.444. The number of nitrogens with zero attached hydrogens (tertiary/aromatic N) is 3. The van der Waals surface area contributed by atoms with Crippen molar-refractivity contribution in [2.45, 2.75) is 25.9 Å². The second kappa shape index (κ2) is 6.43. The molecular formula is C18H21N3O2S. The first-order chi connectivity index (χ1) is 11.7. The normalized spacial score (nSPS) is 20.5. The van der Waals surface area contributed by atoms with Crippen molar-refractivity contribution in [3.8, 4) is 5.75 Å². The van der Waals surface area contributed by atoms with Crippen LogP contribution in [0.15, 0.2) is 29.6 Å². The van der Waals surface area contributed by atoms with E-state index in [-0.39, 0.29) is 12.0 Å². The molecule has 0 saturated carbocycles. The van der Waals surface area contributed by atoms with Gasteiger partial charge < -0.3 is 14.5 Å². The molecule has 6 heteroatoms. The highest BCUT2D eigenvalue weighted by Crippen LogP contribution is 2.29. The number of para-hydroxylation sites is 1. The summed E-state index contributed by atoms with van der Waals surface area (Å²) in [5.41, 5.74) is 2.19. The Balaban J connectivity index is 1.40. The molecule has 0 N–H and O–H groups in total. The van der Waals surface area contributed by atoms with Gasteiger partial charge in [-0.2, -0.15) is 0 Å². The highest BCUT2D eigenvalue weighted by Gasteiger charge is 2.33. The molecule has 1 atom stereocenters. The van der Waals surface area contributed by atoms with E-state index in [1.165, 1.54) is 0 Å². The van der Waals surface area contributed by atoms with Gasteiger partial charge in [0.05, 0.1) is 5.69 Å². The Morgan fingerprint density at radius 2 is 2.12 bits per heavy atom. The lowest BCUT2D eigenvalue weighted by molar-refractivity contribution is -0.137. The fourth-order valence-corrected chi connectivity index (χ4v) is 4.20. The number of anilines is 1. The van der Waals surface area contributed by atoms with E-state index in [0.717, 1.165) is 54.7 Å². The topological polar surface area (TPSA) is 45.7 Å². The maximum atomic E-state index is 12.8. The van der Waals surface area contributed by atoms with Gasteiger partial charge in [-0.25, -0.2) is 4.98 Å². The summed E-state index contributed by atoms with van der Waals surface area (Å²) in [7, 11) is 0. The molecule has 4 rings (SSSR count). The molecule has 1 aromatic heterocycles. The molecule has 1 aromatic carbocycles. The van der Waals surface area contributed by atoms with Gasteiger partial charge in [-0.1, -0.05) is 18.2 Å². The van der Waals surface area contributed by atoms with Crippen LogP contribution >= 0.6 is 11.3 Å². The second-order valence-corrected chi connectivity index (χ2v) is 7.19. The monoisotopic (exact) mass is 343 g/mol. The number of aryl methyl sites for hydroxylation is 1. The highest BCUT2D eigenvalue weighted by atomic mass is 32.1. The molecule has 0 spiro atoms. The van der Waals surface area contributed by atoms with Gasteiger partial charge in [0.2, 0.25) is 0 Å². The highest BCUT2D eigenvalue weighted by molar-refractivity contribution is 7.13. The van der Waals surface area contributed by atoms with Crippen molar-refractivity contribution in [3.05, 3.63) is 40.9 Å². The molecule has 1 unspecified atom stereocenters. The summed E-state index contributed by atoms with van der Waals surface area (Å²) in [4.78, 5) is 21.6. The van der Waals surface area contributed by atoms with E-state index < -0.39 is 0 Å². The number of hydrogen-bond donors (Lipinski definition) is 0. The van der Waals surface area contributed by atoms with E-state index >= 15 is 0 Å². The first-order valence-corrected chi connectivity index (χ1v) is 9.29. The van der Waals surface area contributed by atoms with Crippen LogP contribution in [0.2, 0.25) is 0 Å². The summed E-state index contributed by atoms with van der Waals surface area (Å²) in [6.07, 6.45) is 1.28. The lowest BCUT2D eigenvalue weighted by Gasteiger charge is -2.24. The zero-order valence-corrected chi connectivity index (χ0v) is 14.6. The van der Waals surface area contributed by atoms with Gasteiger partial charge in [0.1, 0.15) is 5.75 Å². The molecule has 2 aliphatic rings. The summed E-state index contributed by atoms with van der Waals surface area (Å²) in [6.45, 7) is 5.31. The SMILES string of the molecule is Cc1csc(N2CCCN(C(=O)C3Cc4ccccc4O3)CC2)n1. The minimum Gasteiger partial charge on any atom is -0.480 e. The largest absolute Gasteiger partial charge is 0.480 e. The Morgan fingerprint density at radius 3 is 2.92 bits per heavy atom. The lowest BCUT2D eigenvalue weighted by Crippen LogP contribution is -2.43. The number of fused-ring (bicyclic) bond motifs is 1. The molecule has 2 aliphatic heterocycles. The average molecular weight is 343 g/mol. The van der Waals surface area contributed by atoms with Crippen molar-refractivity contribution in [1.29, 1.82) is 0 Å². The quantitative estimate of drug-likeness (QED) is 0.840. The van der Waals surface area contributed by atoms with E-state index in [2.05, 4.69) is 15.3 Å². The van der Waals surface area contributed by atoms with E-state index in [1.54, 1.807) is 11.3 Å². The number of benzene rings is 1. The number of thiazole rings is 1. The van der Waals surface area contributed by atoms with Crippen LogP contribution in [0.5, 0.6) is 5.75 Å². The van der Waals surface area contributed by atoms with Gasteiger partial charge in [0, 0.05) is 38.0 Å². The lowest BCUT2D eigenvalue weighted by atomic mass is 10.1. The first-order valence-electron chi connectivity index (χ1n) is 8.41. The first kappa shape index (κ1) is 15.4. The molecule has 0 bridgehead atoms. The second-order valence-electron chi connectivity index (χ2n) is 6.36. The molecule has 1 fully saturated rings. The third-order valence-electron chi connectivity index (χ3n) is 4.61. The van der Waals surface area contributed by atoms with Crippen molar-refractivity contribution in [2.24, 2.45) is 0 Å². The minimum absolute atomic E-state index is 0.114. The van der Waals surface area contributed by atoms with Crippen molar-refractivity contribution in [2.75, 3.05) is 31.1 Å². The molecular weight excluding hydrogens is 322 g/mol. The Kier molecular flexibility index (Phi) is 4.14. The van der Waals surface area contributed by atoms with Crippen LogP contribution < -0.4 is 9.64 Å². The van der Waals surface area contributed by atoms with E-state index in [0.29, 0.717) is 6.42 Å². The van der Waals surface area contributed by atoms with Crippen LogP contribution in [0.3, 0.4) is 0 Å². The number of carbonyl (C=O) groups excluding carboxylic acids is 1. The average Bonchev–Trinajstić information content (AvgIpc) is 3.13. The third-order valence-corrected chi connectivity index (χ3v) is 5.63. The maximum Gasteiger partial charge on any atom is 0.264 e. The predicted octanol–water partition coefficient (Wildman–Crippen LogP) is 2.49. The molecule has 1 amide bonds. The van der Waals surface area contributed by atoms with Crippen LogP contribution in [0.25, 0.3) is 0 Å². The molecule has 24 heavy (non-hydrogen) atoms. The van der Waals surface area contributed by atoms with Crippen LogP contribution in [0.4, 0.5) is 5.13 Å². The van der Waals surface area contributed by atoms with Gasteiger partial charge in [-0.15, -0.1) is 11.3 Å². The smallest absolute Gasteiger partial charge is 0.264 e. The van der Waals surface area contributed by atoms with Gasteiger partial charge in [-0.3, -0.25) is 4.79 Å². The minimum atomic E-state index is -0.365. The number of amides is 1. The van der Waals surface area contributed by atoms with Crippen LogP contribution in [-0.2, 0) is 11.2 Å². The van der Waals surface area contributed by atoms with E-state index in [4.69, 9.17) is 4.74 Å². The molecule has 0 radical (unpaired) electrons. The van der Waals surface area contributed by atoms with E-state index in [9.17, 15) is 4.79 Å². The molecule has 1 saturated heterocycles. The van der Waals surface area contributed by atoms with Crippen LogP contribution in [0, 0.1) is 6.92 Å². The number of carbonyl (C=O) groups is 1. The third kappa shape index (κ3) is 2.98. The van der Waals surface area contributed by atoms with Crippen molar-refractivity contribution < 1.29 is 9.53 Å². The van der Waals surface area contributed by atoms with Crippen molar-refractivity contribution in [1.82, 2.24) is 9.88 Å². The van der Waals surface area contributed by atoms with Crippen molar-refractivity contribution >= 4 is 22.4 Å². The molecule has 2 aromatic rings. The molecule has 5 nitrogen and oxygen atoms in total. The van der Waals surface area contributed by atoms with E-state index in [1.807, 2.05) is 36.1 Å². The summed E-state index contributed by atoms with van der Waals surface area (Å²) in [5, 5.41) is 3.14. The van der Waals surface area contributed by atoms with Gasteiger partial charge in [0.15, 0.2) is 11.2 Å². The van der Waals surface area contributed by atoms with Crippen molar-refractivity contribution in [3.63, 3.8) is 0 Å². The number of aromatic nitrogens is 1. The van der Waals surface area contributed by atoms with Gasteiger partial charge in [-0.05, 0) is 25.0 Å². The standard InChI is InChI=1S/C18H21N3O2S/c1-13-12-24-18(19-13)21-8-4-7-20(9-10-21)17(22)16-11-14-5-2-3-6-15(14)23-16/h2-3,5-6,12,16H,4,7-11H2,1H3. The van der Waals surface area contributed by atoms with Crippen LogP contribution in [0.1, 0.15) is 17.7 Å². The zero-order chi connectivity index (χ0) is 16.5. The Morgan fingerprint density at radius 1 is 1.25 bits per heavy atom. The Bertz CT molecular complexity index is 720. The number of rotatable bonds is 2. The molecule has 3 heterocycles. The number of hydrogen-bond acceptors (Lipinski definition) is 5. The summed E-state index contributed by atoms with van der Waals surface area (Å²) in [6, 6.07) is 7.93. The summed E-state index contributed by atoms with van der Waals surface area (Å²) in [5.74, 6) is 0.967. The number of ether oxygens (including phenoxy) is 1. The zero-order valence-electron chi connectivity index (χ0n) is 13.8. The fourth-order valence-electron chi connectivity index (χ4n) is 3.34. The maximum absolute atomic E-state index is 12.8. The predicted molar refractivity (Wildman–Crippen MR) is 94.8 cm³/mol.